The molecule has 2 aliphatic rings. The molecule has 2 heterocycles. The summed E-state index contributed by atoms with van der Waals surface area (Å²) in [6.45, 7) is 6.97. The van der Waals surface area contributed by atoms with Gasteiger partial charge < -0.3 is 15.3 Å². The van der Waals surface area contributed by atoms with Gasteiger partial charge in [0.2, 0.25) is 0 Å². The van der Waals surface area contributed by atoms with Gasteiger partial charge in [0.1, 0.15) is 0 Å². The van der Waals surface area contributed by atoms with Gasteiger partial charge in [-0.1, -0.05) is 24.3 Å². The predicted molar refractivity (Wildman–Crippen MR) is 94.8 cm³/mol. The highest BCUT2D eigenvalue weighted by molar-refractivity contribution is 5.74. The van der Waals surface area contributed by atoms with Gasteiger partial charge in [-0.25, -0.2) is 4.79 Å². The molecule has 2 N–H and O–H groups in total. The van der Waals surface area contributed by atoms with Crippen LogP contribution in [0.25, 0.3) is 0 Å². The third-order valence-corrected chi connectivity index (χ3v) is 5.42. The molecule has 0 saturated carbocycles. The van der Waals surface area contributed by atoms with Gasteiger partial charge in [0.25, 0.3) is 0 Å². The lowest BCUT2D eigenvalue weighted by molar-refractivity contribution is 0.0797. The fraction of sp³-hybridized carbons (Fsp3) is 0.632. The number of carbonyl (C=O) groups is 1. The van der Waals surface area contributed by atoms with Gasteiger partial charge >= 0.3 is 6.03 Å². The molecule has 0 bridgehead atoms. The highest BCUT2D eigenvalue weighted by Crippen LogP contribution is 2.20. The number of amides is 2. The number of carbonyl (C=O) groups excluding carboxylic acids is 1. The van der Waals surface area contributed by atoms with Crippen molar-refractivity contribution < 1.29 is 9.90 Å². The van der Waals surface area contributed by atoms with E-state index in [0.29, 0.717) is 12.5 Å². The Balaban J connectivity index is 1.37. The van der Waals surface area contributed by atoms with E-state index in [0.717, 1.165) is 52.0 Å². The van der Waals surface area contributed by atoms with Crippen molar-refractivity contribution in [3.8, 4) is 0 Å². The molecule has 0 spiro atoms. The van der Waals surface area contributed by atoms with Crippen LogP contribution in [0.1, 0.15) is 30.9 Å². The molecule has 2 aliphatic heterocycles. The standard InChI is InChI=1S/C19H29N3O2/c1-15(23)16-7-11-22(12-8-16)19(24)20-9-13-21-10-6-17-4-2-3-5-18(17)14-21/h2-5,15-16,23H,6-14H2,1H3,(H,20,24). The lowest BCUT2D eigenvalue weighted by Gasteiger charge is -2.33. The van der Waals surface area contributed by atoms with Crippen molar-refractivity contribution in [2.45, 2.75) is 38.8 Å². The Morgan fingerprint density at radius 1 is 1.25 bits per heavy atom. The van der Waals surface area contributed by atoms with E-state index in [1.54, 1.807) is 0 Å². The maximum absolute atomic E-state index is 12.2. The zero-order chi connectivity index (χ0) is 16.9. The molecule has 3 rings (SSSR count). The van der Waals surface area contributed by atoms with Gasteiger partial charge in [-0.05, 0) is 43.2 Å². The van der Waals surface area contributed by atoms with E-state index in [1.165, 1.54) is 11.1 Å². The summed E-state index contributed by atoms with van der Waals surface area (Å²) in [5, 5.41) is 12.7. The summed E-state index contributed by atoms with van der Waals surface area (Å²) in [6, 6.07) is 8.66. The van der Waals surface area contributed by atoms with Crippen LogP contribution in [0, 0.1) is 5.92 Å². The first-order valence-corrected chi connectivity index (χ1v) is 9.13. The third kappa shape index (κ3) is 4.28. The Morgan fingerprint density at radius 3 is 2.67 bits per heavy atom. The van der Waals surface area contributed by atoms with E-state index in [4.69, 9.17) is 0 Å². The number of nitrogens with one attached hydrogen (secondary N) is 1. The van der Waals surface area contributed by atoms with E-state index < -0.39 is 0 Å². The quantitative estimate of drug-likeness (QED) is 0.885. The molecule has 1 fully saturated rings. The molecule has 0 radical (unpaired) electrons. The monoisotopic (exact) mass is 331 g/mol. The van der Waals surface area contributed by atoms with Crippen molar-refractivity contribution in [3.63, 3.8) is 0 Å². The van der Waals surface area contributed by atoms with Crippen molar-refractivity contribution in [2.75, 3.05) is 32.7 Å². The fourth-order valence-corrected chi connectivity index (χ4v) is 3.76. The lowest BCUT2D eigenvalue weighted by Crippen LogP contribution is -2.47. The van der Waals surface area contributed by atoms with Crippen LogP contribution in [0.15, 0.2) is 24.3 Å². The van der Waals surface area contributed by atoms with Gasteiger partial charge in [-0.2, -0.15) is 0 Å². The number of benzene rings is 1. The molecule has 0 aromatic heterocycles. The zero-order valence-corrected chi connectivity index (χ0v) is 14.6. The van der Waals surface area contributed by atoms with E-state index in [9.17, 15) is 9.90 Å². The number of hydrogen-bond donors (Lipinski definition) is 2. The number of nitrogens with zero attached hydrogens (tertiary/aromatic N) is 2. The number of urea groups is 1. The van der Waals surface area contributed by atoms with Crippen LogP contribution in [-0.2, 0) is 13.0 Å². The number of rotatable bonds is 4. The Kier molecular flexibility index (Phi) is 5.74. The van der Waals surface area contributed by atoms with Crippen molar-refractivity contribution in [1.82, 2.24) is 15.1 Å². The smallest absolute Gasteiger partial charge is 0.317 e. The second-order valence-electron chi connectivity index (χ2n) is 7.09. The van der Waals surface area contributed by atoms with Crippen LogP contribution in [0.4, 0.5) is 4.79 Å². The Labute approximate surface area is 144 Å². The van der Waals surface area contributed by atoms with Crippen LogP contribution < -0.4 is 5.32 Å². The molecule has 1 atom stereocenters. The summed E-state index contributed by atoms with van der Waals surface area (Å²) in [5.74, 6) is 0.336. The topological polar surface area (TPSA) is 55.8 Å². The van der Waals surface area contributed by atoms with Gasteiger partial charge in [0, 0.05) is 39.3 Å². The van der Waals surface area contributed by atoms with Gasteiger partial charge in [0.15, 0.2) is 0 Å². The first-order valence-electron chi connectivity index (χ1n) is 9.13. The SMILES string of the molecule is CC(O)C1CCN(C(=O)NCCN2CCc3ccccc3C2)CC1. The third-order valence-electron chi connectivity index (χ3n) is 5.42. The molecule has 1 unspecified atom stereocenters. The highest BCUT2D eigenvalue weighted by Gasteiger charge is 2.25. The van der Waals surface area contributed by atoms with Crippen LogP contribution in [-0.4, -0.2) is 59.8 Å². The average molecular weight is 331 g/mol. The molecule has 1 aromatic carbocycles. The lowest BCUT2D eigenvalue weighted by atomic mass is 9.92. The maximum Gasteiger partial charge on any atom is 0.317 e. The summed E-state index contributed by atoms with van der Waals surface area (Å²) in [7, 11) is 0. The maximum atomic E-state index is 12.2. The molecular formula is C19H29N3O2. The number of fused-ring (bicyclic) bond motifs is 1. The minimum absolute atomic E-state index is 0.0384. The number of aliphatic hydroxyl groups excluding tert-OH is 1. The Morgan fingerprint density at radius 2 is 1.96 bits per heavy atom. The molecule has 1 aromatic rings. The first kappa shape index (κ1) is 17.2. The Hall–Kier alpha value is -1.59. The number of aliphatic hydroxyl groups is 1. The van der Waals surface area contributed by atoms with E-state index in [2.05, 4.69) is 34.5 Å². The van der Waals surface area contributed by atoms with Crippen molar-refractivity contribution >= 4 is 6.03 Å². The van der Waals surface area contributed by atoms with Crippen LogP contribution in [0.2, 0.25) is 0 Å². The second-order valence-corrected chi connectivity index (χ2v) is 7.09. The molecule has 1 saturated heterocycles. The highest BCUT2D eigenvalue weighted by atomic mass is 16.3. The summed E-state index contributed by atoms with van der Waals surface area (Å²) in [5.41, 5.74) is 2.87. The first-order chi connectivity index (χ1) is 11.6. The van der Waals surface area contributed by atoms with E-state index in [-0.39, 0.29) is 12.1 Å². The number of piperidine rings is 1. The van der Waals surface area contributed by atoms with Gasteiger partial charge in [-0.15, -0.1) is 0 Å². The van der Waals surface area contributed by atoms with E-state index >= 15 is 0 Å². The predicted octanol–water partition coefficient (Wildman–Crippen LogP) is 1.85. The van der Waals surface area contributed by atoms with Crippen LogP contribution >= 0.6 is 0 Å². The van der Waals surface area contributed by atoms with Crippen molar-refractivity contribution in [1.29, 1.82) is 0 Å². The summed E-state index contributed by atoms with van der Waals surface area (Å²) < 4.78 is 0. The second kappa shape index (κ2) is 7.99. The Bertz CT molecular complexity index is 553. The summed E-state index contributed by atoms with van der Waals surface area (Å²) >= 11 is 0. The van der Waals surface area contributed by atoms with Crippen LogP contribution in [0.5, 0.6) is 0 Å². The summed E-state index contributed by atoms with van der Waals surface area (Å²) in [6.07, 6.45) is 2.62. The minimum Gasteiger partial charge on any atom is -0.393 e. The van der Waals surface area contributed by atoms with Gasteiger partial charge in [0.05, 0.1) is 6.10 Å². The zero-order valence-electron chi connectivity index (χ0n) is 14.6. The molecule has 0 aliphatic carbocycles. The molecule has 24 heavy (non-hydrogen) atoms. The van der Waals surface area contributed by atoms with Crippen molar-refractivity contribution in [2.24, 2.45) is 5.92 Å². The molecular weight excluding hydrogens is 302 g/mol. The van der Waals surface area contributed by atoms with Gasteiger partial charge in [-0.3, -0.25) is 4.90 Å². The van der Waals surface area contributed by atoms with Crippen LogP contribution in [0.3, 0.4) is 0 Å². The molecule has 5 nitrogen and oxygen atoms in total. The largest absolute Gasteiger partial charge is 0.393 e. The number of likely N-dealkylation sites (tertiary alicyclic amines) is 1. The average Bonchev–Trinajstić information content (AvgIpc) is 2.61. The molecule has 2 amide bonds. The number of hydrogen-bond acceptors (Lipinski definition) is 3. The molecule has 5 heteroatoms. The fourth-order valence-electron chi connectivity index (χ4n) is 3.76. The minimum atomic E-state index is -0.266. The molecule has 132 valence electrons. The summed E-state index contributed by atoms with van der Waals surface area (Å²) in [4.78, 5) is 16.5. The van der Waals surface area contributed by atoms with E-state index in [1.807, 2.05) is 11.8 Å². The normalized spacial score (nSPS) is 20.5. The van der Waals surface area contributed by atoms with Crippen molar-refractivity contribution in [3.05, 3.63) is 35.4 Å².